The number of carbonyl (C=O) groups is 2. The first kappa shape index (κ1) is 36.4. The SMILES string of the molecule is CC(C)CN(C[C@@H](O)C(Cc1ccccc1)NC(=O)[C@H](C)CS(=O)(=O)CCC(=O)NCCN)S(=O)(=O)c1ccc2c(c1)CCO2. The number of rotatable bonds is 18. The predicted molar refractivity (Wildman–Crippen MR) is 172 cm³/mol. The van der Waals surface area contributed by atoms with Crippen LogP contribution in [0.15, 0.2) is 53.4 Å². The average molecular weight is 667 g/mol. The van der Waals surface area contributed by atoms with Crippen molar-refractivity contribution in [2.24, 2.45) is 17.6 Å². The molecule has 0 bridgehead atoms. The second-order valence-corrected chi connectivity index (χ2v) is 16.0. The van der Waals surface area contributed by atoms with E-state index in [9.17, 15) is 31.5 Å². The van der Waals surface area contributed by atoms with Crippen LogP contribution in [-0.4, -0.2) is 94.5 Å². The Balaban J connectivity index is 1.77. The zero-order chi connectivity index (χ0) is 33.2. The summed E-state index contributed by atoms with van der Waals surface area (Å²) in [4.78, 5) is 25.2. The van der Waals surface area contributed by atoms with Crippen LogP contribution >= 0.6 is 0 Å². The number of aliphatic hydroxyl groups is 1. The maximum absolute atomic E-state index is 13.8. The van der Waals surface area contributed by atoms with E-state index in [2.05, 4.69) is 10.6 Å². The van der Waals surface area contributed by atoms with Gasteiger partial charge in [-0.2, -0.15) is 4.31 Å². The highest BCUT2D eigenvalue weighted by atomic mass is 32.2. The van der Waals surface area contributed by atoms with Crippen LogP contribution in [0, 0.1) is 11.8 Å². The average Bonchev–Trinajstić information content (AvgIpc) is 3.46. The number of amides is 2. The Labute approximate surface area is 266 Å². The van der Waals surface area contributed by atoms with Gasteiger partial charge in [-0.25, -0.2) is 16.8 Å². The molecule has 0 radical (unpaired) electrons. The first-order chi connectivity index (χ1) is 21.2. The van der Waals surface area contributed by atoms with Crippen LogP contribution in [0.3, 0.4) is 0 Å². The van der Waals surface area contributed by atoms with Gasteiger partial charge in [-0.3, -0.25) is 9.59 Å². The number of hydrogen-bond acceptors (Lipinski definition) is 9. The first-order valence-electron chi connectivity index (χ1n) is 15.2. The van der Waals surface area contributed by atoms with E-state index in [0.29, 0.717) is 18.8 Å². The van der Waals surface area contributed by atoms with E-state index in [4.69, 9.17) is 10.5 Å². The van der Waals surface area contributed by atoms with Gasteiger partial charge in [0, 0.05) is 44.9 Å². The van der Waals surface area contributed by atoms with E-state index in [-0.39, 0.29) is 49.8 Å². The van der Waals surface area contributed by atoms with E-state index in [1.165, 1.54) is 17.3 Å². The Bertz CT molecular complexity index is 1500. The van der Waals surface area contributed by atoms with Gasteiger partial charge < -0.3 is 26.2 Å². The number of benzene rings is 2. The minimum Gasteiger partial charge on any atom is -0.493 e. The number of nitrogens with two attached hydrogens (primary N) is 1. The van der Waals surface area contributed by atoms with E-state index < -0.39 is 61.2 Å². The summed E-state index contributed by atoms with van der Waals surface area (Å²) in [5.74, 6) is -2.36. The molecule has 2 aromatic carbocycles. The zero-order valence-corrected chi connectivity index (χ0v) is 27.8. The lowest BCUT2D eigenvalue weighted by Gasteiger charge is -2.31. The van der Waals surface area contributed by atoms with Gasteiger partial charge in [-0.1, -0.05) is 51.1 Å². The van der Waals surface area contributed by atoms with Crippen molar-refractivity contribution in [3.05, 3.63) is 59.7 Å². The van der Waals surface area contributed by atoms with Gasteiger partial charge in [0.2, 0.25) is 21.8 Å². The van der Waals surface area contributed by atoms with Crippen LogP contribution in [0.2, 0.25) is 0 Å². The molecule has 2 aromatic rings. The number of nitrogens with zero attached hydrogens (tertiary/aromatic N) is 1. The largest absolute Gasteiger partial charge is 0.493 e. The second kappa shape index (κ2) is 16.5. The van der Waals surface area contributed by atoms with E-state index in [1.54, 1.807) is 12.1 Å². The summed E-state index contributed by atoms with van der Waals surface area (Å²) in [6.07, 6.45) is -0.786. The van der Waals surface area contributed by atoms with Crippen molar-refractivity contribution in [2.75, 3.05) is 44.3 Å². The van der Waals surface area contributed by atoms with Crippen LogP contribution in [0.5, 0.6) is 5.75 Å². The highest BCUT2D eigenvalue weighted by Gasteiger charge is 2.33. The molecule has 5 N–H and O–H groups in total. The third-order valence-electron chi connectivity index (χ3n) is 7.41. The fraction of sp³-hybridized carbons (Fsp3) is 0.548. The van der Waals surface area contributed by atoms with Gasteiger partial charge in [0.1, 0.15) is 5.75 Å². The fourth-order valence-corrected chi connectivity index (χ4v) is 8.30. The van der Waals surface area contributed by atoms with Crippen LogP contribution < -0.4 is 21.1 Å². The number of fused-ring (bicyclic) bond motifs is 1. The minimum absolute atomic E-state index is 0.0606. The molecule has 3 atom stereocenters. The summed E-state index contributed by atoms with van der Waals surface area (Å²) in [6.45, 7) is 6.00. The van der Waals surface area contributed by atoms with Crippen LogP contribution in [0.1, 0.15) is 38.3 Å². The number of carbonyl (C=O) groups excluding carboxylic acids is 2. The molecule has 250 valence electrons. The lowest BCUT2D eigenvalue weighted by atomic mass is 10.00. The third kappa shape index (κ3) is 11.1. The molecule has 0 aromatic heterocycles. The lowest BCUT2D eigenvalue weighted by molar-refractivity contribution is -0.125. The van der Waals surface area contributed by atoms with Crippen LogP contribution in [-0.2, 0) is 42.3 Å². The molecular weight excluding hydrogens is 620 g/mol. The summed E-state index contributed by atoms with van der Waals surface area (Å²) < 4.78 is 59.8. The third-order valence-corrected chi connectivity index (χ3v) is 11.1. The van der Waals surface area contributed by atoms with Crippen molar-refractivity contribution >= 4 is 31.7 Å². The number of sulfone groups is 1. The Morgan fingerprint density at radius 3 is 2.42 bits per heavy atom. The summed E-state index contributed by atoms with van der Waals surface area (Å²) in [7, 11) is -7.78. The van der Waals surface area contributed by atoms with Gasteiger partial charge in [-0.05, 0) is 41.7 Å². The standard InChI is InChI=1S/C31H46N4O8S2/c1-22(2)19-35(45(41,42)26-9-10-29-25(18-26)11-15-43-29)20-28(36)27(17-24-7-5-4-6-8-24)34-31(38)23(3)21-44(39,40)16-12-30(37)33-14-13-32/h4-10,18,22-23,27-28,36H,11-17,19-21,32H2,1-3H3,(H,33,37)(H,34,38)/t23-,27?,28-/m1/s1. The molecule has 0 fully saturated rings. The molecule has 12 nitrogen and oxygen atoms in total. The monoisotopic (exact) mass is 666 g/mol. The molecule has 0 spiro atoms. The molecule has 1 aliphatic heterocycles. The Hall–Kier alpha value is -3.04. The normalized spacial score (nSPS) is 15.3. The molecule has 1 heterocycles. The number of aliphatic hydroxyl groups excluding tert-OH is 1. The lowest BCUT2D eigenvalue weighted by Crippen LogP contribution is -2.52. The summed E-state index contributed by atoms with van der Waals surface area (Å²) in [6, 6.07) is 12.9. The molecule has 3 rings (SSSR count). The van der Waals surface area contributed by atoms with E-state index in [0.717, 1.165) is 11.1 Å². The summed E-state index contributed by atoms with van der Waals surface area (Å²) in [5.41, 5.74) is 6.94. The van der Waals surface area contributed by atoms with Gasteiger partial charge in [-0.15, -0.1) is 0 Å². The molecule has 2 amide bonds. The van der Waals surface area contributed by atoms with Crippen molar-refractivity contribution in [1.29, 1.82) is 0 Å². The smallest absolute Gasteiger partial charge is 0.243 e. The van der Waals surface area contributed by atoms with Crippen molar-refractivity contribution < 1.29 is 36.3 Å². The minimum atomic E-state index is -4.02. The second-order valence-electron chi connectivity index (χ2n) is 11.9. The predicted octanol–water partition coefficient (Wildman–Crippen LogP) is 0.873. The fourth-order valence-electron chi connectivity index (χ4n) is 5.05. The molecule has 0 saturated carbocycles. The molecule has 14 heteroatoms. The van der Waals surface area contributed by atoms with Crippen molar-refractivity contribution in [1.82, 2.24) is 14.9 Å². The zero-order valence-electron chi connectivity index (χ0n) is 26.1. The Kier molecular flexibility index (Phi) is 13.4. The van der Waals surface area contributed by atoms with Crippen LogP contribution in [0.4, 0.5) is 0 Å². The van der Waals surface area contributed by atoms with Gasteiger partial charge in [0.25, 0.3) is 0 Å². The molecule has 45 heavy (non-hydrogen) atoms. The highest BCUT2D eigenvalue weighted by Crippen LogP contribution is 2.29. The summed E-state index contributed by atoms with van der Waals surface area (Å²) in [5, 5.41) is 16.8. The van der Waals surface area contributed by atoms with E-state index >= 15 is 0 Å². The maximum atomic E-state index is 13.8. The number of ether oxygens (including phenoxy) is 1. The number of nitrogens with one attached hydrogen (secondary N) is 2. The maximum Gasteiger partial charge on any atom is 0.243 e. The van der Waals surface area contributed by atoms with Crippen molar-refractivity contribution in [3.63, 3.8) is 0 Å². The molecule has 1 unspecified atom stereocenters. The topological polar surface area (TPSA) is 185 Å². The molecule has 0 aliphatic carbocycles. The molecular formula is C31H46N4O8S2. The van der Waals surface area contributed by atoms with Gasteiger partial charge >= 0.3 is 0 Å². The van der Waals surface area contributed by atoms with Crippen molar-refractivity contribution in [3.8, 4) is 5.75 Å². The van der Waals surface area contributed by atoms with Crippen LogP contribution in [0.25, 0.3) is 0 Å². The number of hydrogen-bond donors (Lipinski definition) is 4. The highest BCUT2D eigenvalue weighted by molar-refractivity contribution is 7.91. The first-order valence-corrected chi connectivity index (χ1v) is 18.4. The molecule has 1 aliphatic rings. The van der Waals surface area contributed by atoms with Gasteiger partial charge in [0.15, 0.2) is 9.84 Å². The van der Waals surface area contributed by atoms with Gasteiger partial charge in [0.05, 0.1) is 35.2 Å². The Morgan fingerprint density at radius 2 is 1.76 bits per heavy atom. The summed E-state index contributed by atoms with van der Waals surface area (Å²) >= 11 is 0. The molecule has 0 saturated heterocycles. The number of sulfonamides is 1. The quantitative estimate of drug-likeness (QED) is 0.179. The van der Waals surface area contributed by atoms with E-state index in [1.807, 2.05) is 44.2 Å². The Morgan fingerprint density at radius 1 is 1.04 bits per heavy atom. The van der Waals surface area contributed by atoms with Crippen molar-refractivity contribution in [2.45, 2.75) is 57.1 Å².